The van der Waals surface area contributed by atoms with Gasteiger partial charge in [-0.3, -0.25) is 0 Å². The Labute approximate surface area is 115 Å². The van der Waals surface area contributed by atoms with E-state index in [0.717, 1.165) is 26.1 Å². The maximum atomic E-state index is 5.57. The number of hydrogen-bond donors (Lipinski definition) is 1. The second kappa shape index (κ2) is 5.93. The van der Waals surface area contributed by atoms with E-state index >= 15 is 0 Å². The van der Waals surface area contributed by atoms with Gasteiger partial charge in [0.15, 0.2) is 0 Å². The number of benzene rings is 1. The first-order valence-corrected chi connectivity index (χ1v) is 7.52. The molecule has 0 saturated carbocycles. The summed E-state index contributed by atoms with van der Waals surface area (Å²) in [5.74, 6) is 0. The molecule has 3 rings (SSSR count). The molecule has 2 aliphatic heterocycles. The van der Waals surface area contributed by atoms with Crippen molar-refractivity contribution in [2.45, 2.75) is 38.3 Å². The molecule has 2 unspecified atom stereocenters. The maximum absolute atomic E-state index is 5.57. The molecule has 1 aromatic rings. The summed E-state index contributed by atoms with van der Waals surface area (Å²) in [6.07, 6.45) is 3.95. The van der Waals surface area contributed by atoms with Gasteiger partial charge in [-0.25, -0.2) is 0 Å². The van der Waals surface area contributed by atoms with Crippen LogP contribution in [0, 0.1) is 0 Å². The fourth-order valence-corrected chi connectivity index (χ4v) is 3.20. The highest BCUT2D eigenvalue weighted by Gasteiger charge is 2.23. The monoisotopic (exact) mass is 260 g/mol. The van der Waals surface area contributed by atoms with Crippen LogP contribution in [0.25, 0.3) is 0 Å². The molecule has 3 nitrogen and oxygen atoms in total. The van der Waals surface area contributed by atoms with E-state index in [4.69, 9.17) is 4.74 Å². The molecule has 0 amide bonds. The summed E-state index contributed by atoms with van der Waals surface area (Å²) in [7, 11) is 0. The van der Waals surface area contributed by atoms with Crippen LogP contribution in [0.15, 0.2) is 24.3 Å². The zero-order valence-electron chi connectivity index (χ0n) is 11.8. The van der Waals surface area contributed by atoms with Crippen molar-refractivity contribution < 1.29 is 4.74 Å². The summed E-state index contributed by atoms with van der Waals surface area (Å²) in [6.45, 7) is 6.52. The van der Waals surface area contributed by atoms with Crippen molar-refractivity contribution in [3.05, 3.63) is 29.8 Å². The molecule has 1 fully saturated rings. The zero-order chi connectivity index (χ0) is 13.1. The minimum Gasteiger partial charge on any atom is -0.377 e. The minimum atomic E-state index is 0.382. The summed E-state index contributed by atoms with van der Waals surface area (Å²) in [5.41, 5.74) is 2.95. The Balaban J connectivity index is 1.41. The first-order valence-electron chi connectivity index (χ1n) is 7.52. The fraction of sp³-hybridized carbons (Fsp3) is 0.625. The molecule has 19 heavy (non-hydrogen) atoms. The van der Waals surface area contributed by atoms with Gasteiger partial charge in [0, 0.05) is 31.4 Å². The molecular weight excluding hydrogens is 236 g/mol. The van der Waals surface area contributed by atoms with Crippen LogP contribution in [0.3, 0.4) is 0 Å². The highest BCUT2D eigenvalue weighted by atomic mass is 16.5. The Bertz CT molecular complexity index is 421. The van der Waals surface area contributed by atoms with Gasteiger partial charge in [-0.15, -0.1) is 0 Å². The number of nitrogens with one attached hydrogen (secondary N) is 1. The molecule has 0 spiro atoms. The van der Waals surface area contributed by atoms with Crippen LogP contribution >= 0.6 is 0 Å². The average Bonchev–Trinajstić information content (AvgIpc) is 3.02. The van der Waals surface area contributed by atoms with Crippen LogP contribution in [0.2, 0.25) is 0 Å². The number of nitrogens with zero attached hydrogens (tertiary/aromatic N) is 1. The Morgan fingerprint density at radius 2 is 2.26 bits per heavy atom. The van der Waals surface area contributed by atoms with Crippen LogP contribution in [0.4, 0.5) is 5.69 Å². The van der Waals surface area contributed by atoms with E-state index < -0.39 is 0 Å². The van der Waals surface area contributed by atoms with Crippen molar-refractivity contribution in [2.24, 2.45) is 0 Å². The third-order valence-corrected chi connectivity index (χ3v) is 4.37. The highest BCUT2D eigenvalue weighted by molar-refractivity contribution is 5.57. The highest BCUT2D eigenvalue weighted by Crippen LogP contribution is 2.27. The Morgan fingerprint density at radius 3 is 3.11 bits per heavy atom. The maximum Gasteiger partial charge on any atom is 0.0700 e. The van der Waals surface area contributed by atoms with E-state index in [1.165, 1.54) is 30.6 Å². The molecule has 0 radical (unpaired) electrons. The lowest BCUT2D eigenvalue weighted by Crippen LogP contribution is -2.36. The molecule has 0 aromatic heterocycles. The molecule has 0 bridgehead atoms. The van der Waals surface area contributed by atoms with Crippen molar-refractivity contribution in [3.8, 4) is 0 Å². The number of fused-ring (bicyclic) bond motifs is 1. The van der Waals surface area contributed by atoms with Crippen LogP contribution in [-0.2, 0) is 11.2 Å². The lowest BCUT2D eigenvalue weighted by Gasteiger charge is -2.21. The predicted molar refractivity (Wildman–Crippen MR) is 78.8 cm³/mol. The third-order valence-electron chi connectivity index (χ3n) is 4.37. The van der Waals surface area contributed by atoms with Gasteiger partial charge in [-0.05, 0) is 44.4 Å². The first kappa shape index (κ1) is 12.9. The molecule has 1 saturated heterocycles. The smallest absolute Gasteiger partial charge is 0.0700 e. The summed E-state index contributed by atoms with van der Waals surface area (Å²) >= 11 is 0. The van der Waals surface area contributed by atoms with Gasteiger partial charge in [0.25, 0.3) is 0 Å². The second-order valence-corrected chi connectivity index (χ2v) is 5.64. The van der Waals surface area contributed by atoms with Crippen molar-refractivity contribution in [1.82, 2.24) is 5.32 Å². The van der Waals surface area contributed by atoms with E-state index in [0.29, 0.717) is 12.1 Å². The summed E-state index contributed by atoms with van der Waals surface area (Å²) < 4.78 is 5.57. The van der Waals surface area contributed by atoms with Crippen molar-refractivity contribution in [2.75, 3.05) is 31.1 Å². The number of para-hydroxylation sites is 1. The fourth-order valence-electron chi connectivity index (χ4n) is 3.20. The first-order chi connectivity index (χ1) is 9.34. The summed E-state index contributed by atoms with van der Waals surface area (Å²) in [6, 6.07) is 9.36. The van der Waals surface area contributed by atoms with Gasteiger partial charge in [0.1, 0.15) is 0 Å². The molecule has 2 atom stereocenters. The molecule has 2 heterocycles. The van der Waals surface area contributed by atoms with E-state index in [1.807, 2.05) is 0 Å². The van der Waals surface area contributed by atoms with E-state index in [2.05, 4.69) is 41.4 Å². The normalized spacial score (nSPS) is 25.8. The van der Waals surface area contributed by atoms with Crippen LogP contribution in [-0.4, -0.2) is 38.4 Å². The van der Waals surface area contributed by atoms with Gasteiger partial charge < -0.3 is 15.0 Å². The number of anilines is 1. The van der Waals surface area contributed by atoms with E-state index in [9.17, 15) is 0 Å². The second-order valence-electron chi connectivity index (χ2n) is 5.64. The van der Waals surface area contributed by atoms with Crippen molar-refractivity contribution >= 4 is 5.69 Å². The summed E-state index contributed by atoms with van der Waals surface area (Å²) in [4.78, 5) is 2.52. The summed E-state index contributed by atoms with van der Waals surface area (Å²) in [5, 5.41) is 3.63. The number of rotatable bonds is 5. The average molecular weight is 260 g/mol. The van der Waals surface area contributed by atoms with Gasteiger partial charge in [-0.1, -0.05) is 18.2 Å². The molecule has 1 aromatic carbocycles. The number of ether oxygens (including phenoxy) is 1. The quantitative estimate of drug-likeness (QED) is 0.822. The topological polar surface area (TPSA) is 24.5 Å². The van der Waals surface area contributed by atoms with Gasteiger partial charge >= 0.3 is 0 Å². The molecule has 104 valence electrons. The van der Waals surface area contributed by atoms with Crippen molar-refractivity contribution in [1.29, 1.82) is 0 Å². The van der Waals surface area contributed by atoms with Gasteiger partial charge in [0.2, 0.25) is 0 Å². The molecule has 2 aliphatic rings. The van der Waals surface area contributed by atoms with Crippen LogP contribution in [0.5, 0.6) is 0 Å². The molecular formula is C16H24N2O. The minimum absolute atomic E-state index is 0.382. The predicted octanol–water partition coefficient (Wildman–Crippen LogP) is 2.21. The Hall–Kier alpha value is -1.06. The SMILES string of the molecule is CC1OCCC1NCCCN1CCc2ccccc21. The van der Waals surface area contributed by atoms with Crippen molar-refractivity contribution in [3.63, 3.8) is 0 Å². The van der Waals surface area contributed by atoms with E-state index in [1.54, 1.807) is 0 Å². The Morgan fingerprint density at radius 1 is 1.37 bits per heavy atom. The standard InChI is InChI=1S/C16H24N2O/c1-13-15(8-12-19-13)17-9-4-10-18-11-7-14-5-2-3-6-16(14)18/h2-3,5-6,13,15,17H,4,7-12H2,1H3. The van der Waals surface area contributed by atoms with Gasteiger partial charge in [0.05, 0.1) is 6.10 Å². The van der Waals surface area contributed by atoms with Gasteiger partial charge in [-0.2, -0.15) is 0 Å². The van der Waals surface area contributed by atoms with Crippen LogP contribution < -0.4 is 10.2 Å². The lowest BCUT2D eigenvalue weighted by molar-refractivity contribution is 0.113. The third kappa shape index (κ3) is 2.93. The molecule has 0 aliphatic carbocycles. The number of hydrogen-bond acceptors (Lipinski definition) is 3. The Kier molecular flexibility index (Phi) is 4.04. The van der Waals surface area contributed by atoms with E-state index in [-0.39, 0.29) is 0 Å². The van der Waals surface area contributed by atoms with Crippen LogP contribution in [0.1, 0.15) is 25.3 Å². The molecule has 1 N–H and O–H groups in total. The largest absolute Gasteiger partial charge is 0.377 e. The lowest BCUT2D eigenvalue weighted by atomic mass is 10.1. The zero-order valence-corrected chi connectivity index (χ0v) is 11.8. The molecule has 3 heteroatoms.